The van der Waals surface area contributed by atoms with Gasteiger partial charge in [-0.15, -0.1) is 23.1 Å². The Hall–Kier alpha value is -5.65. The van der Waals surface area contributed by atoms with Crippen LogP contribution < -0.4 is 20.7 Å². The number of methoxy groups -OCH3 is 1. The van der Waals surface area contributed by atoms with Crippen LogP contribution in [-0.2, 0) is 14.3 Å². The first-order valence-corrected chi connectivity index (χ1v) is 18.0. The van der Waals surface area contributed by atoms with Crippen molar-refractivity contribution in [2.75, 3.05) is 24.4 Å². The molecule has 0 saturated heterocycles. The van der Waals surface area contributed by atoms with Crippen LogP contribution in [-0.4, -0.2) is 42.7 Å². The Kier molecular flexibility index (Phi) is 12.8. The van der Waals surface area contributed by atoms with E-state index < -0.39 is 23.0 Å². The van der Waals surface area contributed by atoms with Gasteiger partial charge in [-0.1, -0.05) is 73.7 Å². The van der Waals surface area contributed by atoms with Gasteiger partial charge < -0.3 is 25.4 Å². The summed E-state index contributed by atoms with van der Waals surface area (Å²) in [5, 5.41) is 10.4. The summed E-state index contributed by atoms with van der Waals surface area (Å²) < 4.78 is 10.6. The number of ether oxygens (including phenoxy) is 2. The molecule has 0 aliphatic rings. The molecule has 1 unspecified atom stereocenters. The highest BCUT2D eigenvalue weighted by atomic mass is 32.2. The van der Waals surface area contributed by atoms with Gasteiger partial charge in [-0.3, -0.25) is 14.4 Å². The molecule has 11 heteroatoms. The zero-order valence-electron chi connectivity index (χ0n) is 28.3. The van der Waals surface area contributed by atoms with Gasteiger partial charge in [0, 0.05) is 27.1 Å². The lowest BCUT2D eigenvalue weighted by molar-refractivity contribution is -0.116. The van der Waals surface area contributed by atoms with Crippen molar-refractivity contribution in [1.82, 2.24) is 5.32 Å². The smallest absolute Gasteiger partial charge is 0.341 e. The molecule has 0 spiro atoms. The average Bonchev–Trinajstić information content (AvgIpc) is 3.58. The number of carbonyl (C=O) groups excluding carboxylic acids is 4. The van der Waals surface area contributed by atoms with E-state index in [4.69, 9.17) is 9.47 Å². The molecule has 51 heavy (non-hydrogen) atoms. The van der Waals surface area contributed by atoms with Crippen molar-refractivity contribution < 1.29 is 28.7 Å². The predicted octanol–water partition coefficient (Wildman–Crippen LogP) is 8.52. The molecular weight excluding hydrogens is 683 g/mol. The zero-order chi connectivity index (χ0) is 36.2. The molecule has 9 nitrogen and oxygen atoms in total. The van der Waals surface area contributed by atoms with Gasteiger partial charge in [-0.25, -0.2) is 4.79 Å². The molecular formula is C40H37N3O6S2. The second-order valence-corrected chi connectivity index (χ2v) is 13.2. The molecule has 4 aromatic carbocycles. The van der Waals surface area contributed by atoms with Crippen LogP contribution in [0.2, 0.25) is 0 Å². The van der Waals surface area contributed by atoms with Crippen LogP contribution in [0.3, 0.4) is 0 Å². The number of hydrogen-bond donors (Lipinski definition) is 3. The summed E-state index contributed by atoms with van der Waals surface area (Å²) in [6.07, 6.45) is 2.09. The monoisotopic (exact) mass is 719 g/mol. The van der Waals surface area contributed by atoms with Crippen molar-refractivity contribution in [2.45, 2.75) is 30.4 Å². The van der Waals surface area contributed by atoms with Crippen LogP contribution in [0, 0.1) is 0 Å². The largest absolute Gasteiger partial charge is 0.497 e. The van der Waals surface area contributed by atoms with Gasteiger partial charge in [0.05, 0.1) is 19.0 Å². The molecule has 3 amide bonds. The third kappa shape index (κ3) is 9.74. The summed E-state index contributed by atoms with van der Waals surface area (Å²) >= 11 is 2.61. The number of carbonyl (C=O) groups is 4. The summed E-state index contributed by atoms with van der Waals surface area (Å²) in [7, 11) is 1.57. The molecule has 260 valence electrons. The van der Waals surface area contributed by atoms with Crippen molar-refractivity contribution in [3.63, 3.8) is 0 Å². The first-order chi connectivity index (χ1) is 24.8. The van der Waals surface area contributed by atoms with Crippen LogP contribution >= 0.6 is 23.1 Å². The molecule has 0 aliphatic carbocycles. The van der Waals surface area contributed by atoms with Gasteiger partial charge in [0.1, 0.15) is 22.0 Å². The van der Waals surface area contributed by atoms with E-state index in [-0.39, 0.29) is 18.2 Å². The van der Waals surface area contributed by atoms with Crippen LogP contribution in [0.1, 0.15) is 46.5 Å². The van der Waals surface area contributed by atoms with Crippen molar-refractivity contribution in [3.8, 4) is 16.9 Å². The normalized spacial score (nSPS) is 11.6. The number of benzene rings is 4. The molecule has 1 aromatic heterocycles. The lowest BCUT2D eigenvalue weighted by Crippen LogP contribution is -2.30. The summed E-state index contributed by atoms with van der Waals surface area (Å²) in [6.45, 7) is 3.85. The van der Waals surface area contributed by atoms with E-state index in [2.05, 4.69) is 16.0 Å². The second kappa shape index (κ2) is 17.8. The summed E-state index contributed by atoms with van der Waals surface area (Å²) in [4.78, 5) is 54.0. The van der Waals surface area contributed by atoms with Crippen molar-refractivity contribution in [3.05, 3.63) is 137 Å². The number of esters is 1. The Morgan fingerprint density at radius 3 is 2.22 bits per heavy atom. The lowest BCUT2D eigenvalue weighted by atomic mass is 10.0. The summed E-state index contributed by atoms with van der Waals surface area (Å²) in [5.74, 6) is -1.07. The SMILES string of the molecule is CCOC(=O)c1c(-c2ccccc2)csc1NC(=O)C(CC)Sc1cccc(NC(=O)/C(=C\c2ccc(OC)cc2)NC(=O)c2ccccc2)c1. The fourth-order valence-electron chi connectivity index (χ4n) is 5.02. The first-order valence-electron chi connectivity index (χ1n) is 16.2. The third-order valence-electron chi connectivity index (χ3n) is 7.58. The molecule has 0 aliphatic heterocycles. The van der Waals surface area contributed by atoms with Crippen LogP contribution in [0.5, 0.6) is 5.75 Å². The van der Waals surface area contributed by atoms with E-state index >= 15 is 0 Å². The van der Waals surface area contributed by atoms with E-state index in [1.165, 1.54) is 23.1 Å². The Labute approximate surface area is 305 Å². The Morgan fingerprint density at radius 1 is 0.843 bits per heavy atom. The Balaban J connectivity index is 1.32. The van der Waals surface area contributed by atoms with E-state index in [9.17, 15) is 19.2 Å². The molecule has 0 fully saturated rings. The number of thiophene rings is 1. The van der Waals surface area contributed by atoms with Crippen LogP contribution in [0.25, 0.3) is 17.2 Å². The van der Waals surface area contributed by atoms with Crippen LogP contribution in [0.4, 0.5) is 10.7 Å². The predicted molar refractivity (Wildman–Crippen MR) is 204 cm³/mol. The third-order valence-corrected chi connectivity index (χ3v) is 9.83. The number of anilines is 2. The number of hydrogen-bond acceptors (Lipinski definition) is 8. The van der Waals surface area contributed by atoms with Crippen molar-refractivity contribution >= 4 is 63.6 Å². The summed E-state index contributed by atoms with van der Waals surface area (Å²) in [5.41, 5.74) is 3.47. The number of rotatable bonds is 14. The Morgan fingerprint density at radius 2 is 1.55 bits per heavy atom. The molecule has 5 rings (SSSR count). The van der Waals surface area contributed by atoms with Gasteiger partial charge in [0.2, 0.25) is 5.91 Å². The maximum absolute atomic E-state index is 13.6. The highest BCUT2D eigenvalue weighted by Crippen LogP contribution is 2.37. The van der Waals surface area contributed by atoms with Crippen molar-refractivity contribution in [2.24, 2.45) is 0 Å². The summed E-state index contributed by atoms with van der Waals surface area (Å²) in [6, 6.07) is 32.3. The molecule has 1 heterocycles. The van der Waals surface area contributed by atoms with Gasteiger partial charge in [0.15, 0.2) is 0 Å². The lowest BCUT2D eigenvalue weighted by Gasteiger charge is -2.16. The minimum Gasteiger partial charge on any atom is -0.497 e. The number of nitrogens with one attached hydrogen (secondary N) is 3. The van der Waals surface area contributed by atoms with E-state index in [1.807, 2.05) is 48.7 Å². The van der Waals surface area contributed by atoms with E-state index in [1.54, 1.807) is 92.9 Å². The molecule has 5 aromatic rings. The van der Waals surface area contributed by atoms with Crippen molar-refractivity contribution in [1.29, 1.82) is 0 Å². The topological polar surface area (TPSA) is 123 Å². The number of amides is 3. The van der Waals surface area contributed by atoms with Gasteiger partial charge in [0.25, 0.3) is 11.8 Å². The molecule has 0 saturated carbocycles. The first kappa shape index (κ1) is 36.6. The van der Waals surface area contributed by atoms with E-state index in [0.717, 1.165) is 10.5 Å². The maximum Gasteiger partial charge on any atom is 0.341 e. The number of thioether (sulfide) groups is 1. The minimum absolute atomic E-state index is 0.0427. The molecule has 3 N–H and O–H groups in total. The fraction of sp³-hybridized carbons (Fsp3) is 0.150. The highest BCUT2D eigenvalue weighted by molar-refractivity contribution is 8.00. The Bertz CT molecular complexity index is 2010. The van der Waals surface area contributed by atoms with E-state index in [0.29, 0.717) is 45.1 Å². The second-order valence-electron chi connectivity index (χ2n) is 11.1. The van der Waals surface area contributed by atoms with Gasteiger partial charge >= 0.3 is 5.97 Å². The molecule has 0 radical (unpaired) electrons. The van der Waals surface area contributed by atoms with Gasteiger partial charge in [-0.05, 0) is 73.0 Å². The average molecular weight is 720 g/mol. The molecule has 0 bridgehead atoms. The van der Waals surface area contributed by atoms with Gasteiger partial charge in [-0.2, -0.15) is 0 Å². The standard InChI is InChI=1S/C40H37N3O6S2/c1-4-34(38(46)43-39-35(40(47)49-5-2)32(25-50-39)27-13-8-6-9-14-27)51-31-18-12-17-29(24-31)41-37(45)33(23-26-19-21-30(48-3)22-20-26)42-36(44)28-15-10-7-11-16-28/h6-25,34H,4-5H2,1-3H3,(H,41,45)(H,42,44)(H,43,46)/b33-23+. The highest BCUT2D eigenvalue weighted by Gasteiger charge is 2.26. The minimum atomic E-state index is -0.527. The fourth-order valence-corrected chi connectivity index (χ4v) is 6.99. The zero-order valence-corrected chi connectivity index (χ0v) is 29.9. The molecule has 1 atom stereocenters. The van der Waals surface area contributed by atoms with Crippen LogP contribution in [0.15, 0.2) is 125 Å². The quantitative estimate of drug-likeness (QED) is 0.0598. The maximum atomic E-state index is 13.6.